The van der Waals surface area contributed by atoms with Gasteiger partial charge in [0.15, 0.2) is 0 Å². The summed E-state index contributed by atoms with van der Waals surface area (Å²) in [5.74, 6) is -1.11. The Morgan fingerprint density at radius 3 is 2.48 bits per heavy atom. The van der Waals surface area contributed by atoms with Crippen LogP contribution < -0.4 is 9.80 Å². The monoisotopic (exact) mass is 352 g/mol. The van der Waals surface area contributed by atoms with E-state index in [-0.39, 0.29) is 23.8 Å². The van der Waals surface area contributed by atoms with Crippen LogP contribution in [0.15, 0.2) is 54.1 Å². The van der Waals surface area contributed by atoms with Crippen LogP contribution in [0.5, 0.6) is 0 Å². The summed E-state index contributed by atoms with van der Waals surface area (Å²) in [5, 5.41) is 0.432. The Morgan fingerprint density at radius 2 is 1.72 bits per heavy atom. The molecule has 0 radical (unpaired) electrons. The lowest BCUT2D eigenvalue weighted by Crippen LogP contribution is -2.29. The highest BCUT2D eigenvalue weighted by Crippen LogP contribution is 2.40. The van der Waals surface area contributed by atoms with Gasteiger partial charge in [0.25, 0.3) is 11.8 Å². The van der Waals surface area contributed by atoms with Crippen LogP contribution >= 0.6 is 11.6 Å². The number of amides is 3. The highest BCUT2D eigenvalue weighted by atomic mass is 35.5. The average molecular weight is 353 g/mol. The molecule has 4 rings (SSSR count). The summed E-state index contributed by atoms with van der Waals surface area (Å²) in [4.78, 5) is 40.6. The average Bonchev–Trinajstić information content (AvgIpc) is 3.02. The molecule has 2 aliphatic heterocycles. The highest BCUT2D eigenvalue weighted by Gasteiger charge is 2.42. The summed E-state index contributed by atoms with van der Waals surface area (Å²) in [6.07, 6.45) is -0.103. The first-order valence-corrected chi connectivity index (χ1v) is 8.10. The second-order valence-corrected chi connectivity index (χ2v) is 6.36. The molecule has 0 aliphatic carbocycles. The van der Waals surface area contributed by atoms with Crippen molar-refractivity contribution in [3.63, 3.8) is 0 Å². The summed E-state index contributed by atoms with van der Waals surface area (Å²) in [6, 6.07) is 13.8. The van der Waals surface area contributed by atoms with E-state index in [0.29, 0.717) is 21.8 Å². The summed E-state index contributed by atoms with van der Waals surface area (Å²) < 4.78 is 0. The fraction of sp³-hybridized carbons (Fsp3) is 0.105. The second kappa shape index (κ2) is 5.57. The lowest BCUT2D eigenvalue weighted by Gasteiger charge is -2.13. The minimum absolute atomic E-state index is 0.103. The number of rotatable bonds is 1. The summed E-state index contributed by atoms with van der Waals surface area (Å²) in [7, 11) is 1.66. The van der Waals surface area contributed by atoms with Gasteiger partial charge in [0, 0.05) is 23.2 Å². The SMILES string of the molecule is CN1C(=O)/C(=C2/CC(=O)N(c3cccc(Cl)c3)C2=O)c2ccccc21. The van der Waals surface area contributed by atoms with Gasteiger partial charge in [-0.1, -0.05) is 35.9 Å². The molecule has 124 valence electrons. The van der Waals surface area contributed by atoms with Crippen molar-refractivity contribution in [3.05, 3.63) is 64.7 Å². The van der Waals surface area contributed by atoms with E-state index >= 15 is 0 Å². The maximum Gasteiger partial charge on any atom is 0.262 e. The number of carbonyl (C=O) groups excluding carboxylic acids is 3. The van der Waals surface area contributed by atoms with Crippen molar-refractivity contribution < 1.29 is 14.4 Å². The number of hydrogen-bond donors (Lipinski definition) is 0. The molecule has 0 unspecified atom stereocenters. The molecule has 2 aromatic rings. The quantitative estimate of drug-likeness (QED) is 0.585. The molecule has 0 N–H and O–H groups in total. The zero-order chi connectivity index (χ0) is 17.7. The van der Waals surface area contributed by atoms with E-state index in [1.165, 1.54) is 4.90 Å². The maximum atomic E-state index is 12.9. The van der Waals surface area contributed by atoms with Crippen LogP contribution in [-0.2, 0) is 14.4 Å². The van der Waals surface area contributed by atoms with Gasteiger partial charge < -0.3 is 4.90 Å². The fourth-order valence-corrected chi connectivity index (χ4v) is 3.47. The zero-order valence-corrected chi connectivity index (χ0v) is 14.1. The van der Waals surface area contributed by atoms with Crippen LogP contribution in [-0.4, -0.2) is 24.8 Å². The maximum absolute atomic E-state index is 12.9. The Bertz CT molecular complexity index is 980. The molecule has 0 aromatic heterocycles. The smallest absolute Gasteiger partial charge is 0.262 e. The Balaban J connectivity index is 1.85. The molecule has 5 nitrogen and oxygen atoms in total. The first-order valence-electron chi connectivity index (χ1n) is 7.72. The van der Waals surface area contributed by atoms with Gasteiger partial charge in [0.05, 0.1) is 23.4 Å². The van der Waals surface area contributed by atoms with E-state index in [9.17, 15) is 14.4 Å². The largest absolute Gasteiger partial charge is 0.311 e. The third-order valence-electron chi connectivity index (χ3n) is 4.46. The van der Waals surface area contributed by atoms with Gasteiger partial charge in [-0.25, -0.2) is 4.90 Å². The summed E-state index contributed by atoms with van der Waals surface area (Å²) >= 11 is 5.97. The third kappa shape index (κ3) is 2.27. The molecule has 2 aromatic carbocycles. The molecule has 0 bridgehead atoms. The second-order valence-electron chi connectivity index (χ2n) is 5.93. The van der Waals surface area contributed by atoms with E-state index in [2.05, 4.69) is 0 Å². The predicted octanol–water partition coefficient (Wildman–Crippen LogP) is 3.03. The van der Waals surface area contributed by atoms with Crippen molar-refractivity contribution in [2.45, 2.75) is 6.42 Å². The Hall–Kier alpha value is -2.92. The van der Waals surface area contributed by atoms with E-state index in [4.69, 9.17) is 11.6 Å². The van der Waals surface area contributed by atoms with Gasteiger partial charge in [-0.3, -0.25) is 14.4 Å². The fourth-order valence-electron chi connectivity index (χ4n) is 3.29. The predicted molar refractivity (Wildman–Crippen MR) is 95.3 cm³/mol. The number of halogens is 1. The van der Waals surface area contributed by atoms with Crippen molar-refractivity contribution in [2.75, 3.05) is 16.8 Å². The van der Waals surface area contributed by atoms with Crippen molar-refractivity contribution >= 4 is 46.3 Å². The molecular formula is C19H13ClN2O3. The minimum atomic E-state index is -0.472. The highest BCUT2D eigenvalue weighted by molar-refractivity contribution is 6.41. The van der Waals surface area contributed by atoms with Gasteiger partial charge in [0.2, 0.25) is 5.91 Å². The van der Waals surface area contributed by atoms with Gasteiger partial charge in [0.1, 0.15) is 0 Å². The van der Waals surface area contributed by atoms with E-state index in [0.717, 1.165) is 10.6 Å². The van der Waals surface area contributed by atoms with Crippen LogP contribution in [0.2, 0.25) is 5.02 Å². The molecule has 25 heavy (non-hydrogen) atoms. The van der Waals surface area contributed by atoms with Crippen molar-refractivity contribution in [3.8, 4) is 0 Å². The number of carbonyl (C=O) groups is 3. The molecule has 0 saturated carbocycles. The number of benzene rings is 2. The van der Waals surface area contributed by atoms with Gasteiger partial charge >= 0.3 is 0 Å². The van der Waals surface area contributed by atoms with Crippen LogP contribution in [0, 0.1) is 0 Å². The molecule has 0 atom stereocenters. The molecule has 3 amide bonds. The molecular weight excluding hydrogens is 340 g/mol. The van der Waals surface area contributed by atoms with E-state index in [1.54, 1.807) is 37.4 Å². The number of anilines is 2. The molecule has 6 heteroatoms. The van der Waals surface area contributed by atoms with Crippen LogP contribution in [0.25, 0.3) is 5.57 Å². The van der Waals surface area contributed by atoms with Crippen molar-refractivity contribution in [2.24, 2.45) is 0 Å². The Kier molecular flexibility index (Phi) is 3.47. The molecule has 0 spiro atoms. The van der Waals surface area contributed by atoms with Gasteiger partial charge in [-0.05, 0) is 24.3 Å². The number of nitrogens with zero attached hydrogens (tertiary/aromatic N) is 2. The van der Waals surface area contributed by atoms with Crippen molar-refractivity contribution in [1.29, 1.82) is 0 Å². The first-order chi connectivity index (χ1) is 12.0. The Morgan fingerprint density at radius 1 is 0.960 bits per heavy atom. The molecule has 2 aliphatic rings. The normalized spacial score (nSPS) is 19.8. The zero-order valence-electron chi connectivity index (χ0n) is 13.3. The number of fused-ring (bicyclic) bond motifs is 1. The number of imide groups is 1. The first kappa shape index (κ1) is 15.6. The van der Waals surface area contributed by atoms with Crippen LogP contribution in [0.1, 0.15) is 12.0 Å². The molecule has 1 saturated heterocycles. The minimum Gasteiger partial charge on any atom is -0.311 e. The number of likely N-dealkylation sites (N-methyl/N-ethyl adjacent to an activating group) is 1. The number of hydrogen-bond acceptors (Lipinski definition) is 3. The standard InChI is InChI=1S/C19H13ClN2O3/c1-21-15-8-3-2-7-13(15)17(19(21)25)14-10-16(23)22(18(14)24)12-6-4-5-11(20)9-12/h2-9H,10H2,1H3/b17-14-. The summed E-state index contributed by atoms with van der Waals surface area (Å²) in [6.45, 7) is 0. The lowest BCUT2D eigenvalue weighted by atomic mass is 10.00. The van der Waals surface area contributed by atoms with E-state index < -0.39 is 5.91 Å². The third-order valence-corrected chi connectivity index (χ3v) is 4.70. The van der Waals surface area contributed by atoms with Crippen molar-refractivity contribution in [1.82, 2.24) is 0 Å². The van der Waals surface area contributed by atoms with E-state index in [1.807, 2.05) is 18.2 Å². The lowest BCUT2D eigenvalue weighted by molar-refractivity contribution is -0.121. The number of para-hydroxylation sites is 1. The topological polar surface area (TPSA) is 57.7 Å². The molecule has 1 fully saturated rings. The Labute approximate surface area is 149 Å². The van der Waals surface area contributed by atoms with Gasteiger partial charge in [-0.15, -0.1) is 0 Å². The molecule has 2 heterocycles. The summed E-state index contributed by atoms with van der Waals surface area (Å²) in [5.41, 5.74) is 2.36. The van der Waals surface area contributed by atoms with Crippen LogP contribution in [0.3, 0.4) is 0 Å². The van der Waals surface area contributed by atoms with Crippen LogP contribution in [0.4, 0.5) is 11.4 Å². The van der Waals surface area contributed by atoms with Gasteiger partial charge in [-0.2, -0.15) is 0 Å².